The van der Waals surface area contributed by atoms with Crippen molar-refractivity contribution in [3.05, 3.63) is 48.3 Å². The van der Waals surface area contributed by atoms with Gasteiger partial charge in [-0.2, -0.15) is 5.10 Å². The number of hydrogen-bond donors (Lipinski definition) is 4. The minimum atomic E-state index is -1.01. The molecule has 4 heterocycles. The summed E-state index contributed by atoms with van der Waals surface area (Å²) in [6.07, 6.45) is 9.77. The van der Waals surface area contributed by atoms with Gasteiger partial charge in [0.25, 0.3) is 0 Å². The van der Waals surface area contributed by atoms with Crippen LogP contribution in [0.3, 0.4) is 0 Å². The van der Waals surface area contributed by atoms with E-state index in [-0.39, 0.29) is 12.1 Å². The van der Waals surface area contributed by atoms with Crippen molar-refractivity contribution in [3.8, 4) is 16.8 Å². The van der Waals surface area contributed by atoms with Crippen LogP contribution in [0.4, 0.5) is 11.6 Å². The fourth-order valence-corrected chi connectivity index (χ4v) is 4.43. The van der Waals surface area contributed by atoms with Gasteiger partial charge in [0.1, 0.15) is 22.5 Å². The van der Waals surface area contributed by atoms with Crippen molar-refractivity contribution < 1.29 is 10.2 Å². The van der Waals surface area contributed by atoms with Crippen molar-refractivity contribution in [3.63, 3.8) is 0 Å². The highest BCUT2D eigenvalue weighted by atomic mass is 16.3. The number of anilines is 2. The van der Waals surface area contributed by atoms with Gasteiger partial charge in [-0.15, -0.1) is 0 Å². The maximum absolute atomic E-state index is 10.2. The number of nitrogens with one attached hydrogen (secondary N) is 1. The fraction of sp³-hybridized carbons (Fsp3) is 0.400. The van der Waals surface area contributed by atoms with Crippen LogP contribution in [0.15, 0.2) is 36.9 Å². The van der Waals surface area contributed by atoms with Gasteiger partial charge in [-0.3, -0.25) is 4.98 Å². The number of hydrogen-bond acceptors (Lipinski definition) is 9. The maximum atomic E-state index is 10.2. The maximum Gasteiger partial charge on any atom is 0.151 e. The van der Waals surface area contributed by atoms with Crippen LogP contribution in [0.25, 0.3) is 27.8 Å². The van der Waals surface area contributed by atoms with Crippen LogP contribution in [-0.4, -0.2) is 52.1 Å². The van der Waals surface area contributed by atoms with Crippen LogP contribution in [0.1, 0.15) is 51.4 Å². The average Bonchev–Trinajstić information content (AvgIpc) is 3.48. The van der Waals surface area contributed by atoms with Crippen molar-refractivity contribution in [2.45, 2.75) is 64.2 Å². The van der Waals surface area contributed by atoms with Gasteiger partial charge in [-0.1, -0.05) is 6.92 Å². The summed E-state index contributed by atoms with van der Waals surface area (Å²) in [4.78, 5) is 18.5. The molecule has 5 N–H and O–H groups in total. The lowest BCUT2D eigenvalue weighted by Gasteiger charge is -2.17. The van der Waals surface area contributed by atoms with E-state index in [1.165, 1.54) is 0 Å². The van der Waals surface area contributed by atoms with E-state index in [4.69, 9.17) is 15.7 Å². The molecule has 0 unspecified atom stereocenters. The molecule has 2 atom stereocenters. The Balaban J connectivity index is 1.53. The van der Waals surface area contributed by atoms with Gasteiger partial charge in [0.2, 0.25) is 0 Å². The number of fused-ring (bicyclic) bond motifs is 1. The highest BCUT2D eigenvalue weighted by molar-refractivity contribution is 5.96. The predicted molar refractivity (Wildman–Crippen MR) is 134 cm³/mol. The largest absolute Gasteiger partial charge is 0.393 e. The minimum absolute atomic E-state index is 0.159. The molecule has 5 rings (SSSR count). The average molecular weight is 475 g/mol. The Kier molecular flexibility index (Phi) is 5.86. The zero-order chi connectivity index (χ0) is 24.7. The number of aliphatic hydroxyl groups excluding tert-OH is 1. The number of aryl methyl sites for hydroxylation is 1. The third-order valence-electron chi connectivity index (χ3n) is 6.41. The third-order valence-corrected chi connectivity index (χ3v) is 6.41. The molecule has 0 aliphatic heterocycles. The van der Waals surface area contributed by atoms with Gasteiger partial charge in [-0.25, -0.2) is 19.6 Å². The number of rotatable bonds is 6. The molecule has 4 aromatic heterocycles. The first-order chi connectivity index (χ1) is 16.7. The molecular weight excluding hydrogens is 444 g/mol. The lowest BCUT2D eigenvalue weighted by atomic mass is 10.1. The van der Waals surface area contributed by atoms with E-state index in [1.807, 2.05) is 19.2 Å². The number of aliphatic hydroxyl groups is 2. The number of nitrogens with zero attached hydrogens (tertiary/aromatic N) is 6. The van der Waals surface area contributed by atoms with E-state index in [0.29, 0.717) is 41.2 Å². The Morgan fingerprint density at radius 3 is 2.60 bits per heavy atom. The standard InChI is InChI=1S/C25H30N8O2/c1-4-19-24(30-15-5-7-17(34)9-15)32-21-18(12-28-23(26)22(21)31-19)14-10-29-33(13-14)16-6-8-20(27-11-16)25(2,3)35/h6,8,10-13,15,17,34-35H,4-5,7,9H2,1-3H3,(H2,26,28)(H,30,32)/t15-,17+/m1/s1. The lowest BCUT2D eigenvalue weighted by Crippen LogP contribution is -2.19. The number of aromatic nitrogens is 6. The van der Waals surface area contributed by atoms with Crippen LogP contribution in [0, 0.1) is 0 Å². The van der Waals surface area contributed by atoms with Crippen molar-refractivity contribution in [1.29, 1.82) is 0 Å². The summed E-state index contributed by atoms with van der Waals surface area (Å²) >= 11 is 0. The van der Waals surface area contributed by atoms with Crippen LogP contribution >= 0.6 is 0 Å². The van der Waals surface area contributed by atoms with Crippen LogP contribution in [0.2, 0.25) is 0 Å². The van der Waals surface area contributed by atoms with Crippen LogP contribution in [0.5, 0.6) is 0 Å². The second kappa shape index (κ2) is 8.86. The summed E-state index contributed by atoms with van der Waals surface area (Å²) in [5, 5.41) is 28.1. The first-order valence-corrected chi connectivity index (χ1v) is 11.9. The summed E-state index contributed by atoms with van der Waals surface area (Å²) in [7, 11) is 0. The molecule has 0 bridgehead atoms. The molecular formula is C25H30N8O2. The Bertz CT molecular complexity index is 1360. The monoisotopic (exact) mass is 474 g/mol. The van der Waals surface area contributed by atoms with E-state index in [2.05, 4.69) is 20.4 Å². The number of pyridine rings is 2. The molecule has 0 saturated heterocycles. The lowest BCUT2D eigenvalue weighted by molar-refractivity contribution is 0.0738. The van der Waals surface area contributed by atoms with Crippen LogP contribution in [-0.2, 0) is 12.0 Å². The van der Waals surface area contributed by atoms with E-state index < -0.39 is 5.60 Å². The van der Waals surface area contributed by atoms with Gasteiger partial charge in [0, 0.05) is 29.6 Å². The smallest absolute Gasteiger partial charge is 0.151 e. The van der Waals surface area contributed by atoms with E-state index in [1.54, 1.807) is 43.2 Å². The Hall–Kier alpha value is -3.63. The summed E-state index contributed by atoms with van der Waals surface area (Å²) in [6.45, 7) is 5.42. The molecule has 0 radical (unpaired) electrons. The van der Waals surface area contributed by atoms with E-state index >= 15 is 0 Å². The summed E-state index contributed by atoms with van der Waals surface area (Å²) in [5.41, 5.74) is 10.1. The zero-order valence-electron chi connectivity index (χ0n) is 20.1. The topological polar surface area (TPSA) is 148 Å². The number of nitrogens with two attached hydrogens (primary N) is 1. The first-order valence-electron chi connectivity index (χ1n) is 11.9. The zero-order valence-corrected chi connectivity index (χ0v) is 20.1. The second-order valence-electron chi connectivity index (χ2n) is 9.57. The predicted octanol–water partition coefficient (Wildman–Crippen LogP) is 2.97. The highest BCUT2D eigenvalue weighted by Crippen LogP contribution is 2.32. The highest BCUT2D eigenvalue weighted by Gasteiger charge is 2.25. The van der Waals surface area contributed by atoms with E-state index in [0.717, 1.165) is 35.3 Å². The molecule has 1 aliphatic carbocycles. The molecule has 0 amide bonds. The van der Waals surface area contributed by atoms with Gasteiger partial charge in [-0.05, 0) is 51.7 Å². The van der Waals surface area contributed by atoms with Gasteiger partial charge < -0.3 is 21.3 Å². The van der Waals surface area contributed by atoms with Crippen molar-refractivity contribution in [2.24, 2.45) is 0 Å². The van der Waals surface area contributed by atoms with Gasteiger partial charge >= 0.3 is 0 Å². The molecule has 35 heavy (non-hydrogen) atoms. The van der Waals surface area contributed by atoms with Crippen LogP contribution < -0.4 is 11.1 Å². The van der Waals surface area contributed by atoms with Crippen molar-refractivity contribution in [2.75, 3.05) is 11.1 Å². The minimum Gasteiger partial charge on any atom is -0.393 e. The normalized spacial score (nSPS) is 18.3. The Morgan fingerprint density at radius 2 is 1.94 bits per heavy atom. The van der Waals surface area contributed by atoms with Crippen molar-refractivity contribution >= 4 is 22.7 Å². The van der Waals surface area contributed by atoms with E-state index in [9.17, 15) is 10.2 Å². The van der Waals surface area contributed by atoms with Gasteiger partial charge in [0.05, 0.1) is 35.6 Å². The Morgan fingerprint density at radius 1 is 1.11 bits per heavy atom. The molecule has 0 spiro atoms. The molecule has 1 fully saturated rings. The number of nitrogen functional groups attached to an aromatic ring is 1. The SMILES string of the molecule is CCc1nc2c(N)ncc(-c3cnn(-c4ccc(C(C)(C)O)nc4)c3)c2nc1N[C@@H]1CC[C@H](O)C1. The summed E-state index contributed by atoms with van der Waals surface area (Å²) in [6, 6.07) is 3.81. The second-order valence-corrected chi connectivity index (χ2v) is 9.57. The first kappa shape index (κ1) is 23.1. The van der Waals surface area contributed by atoms with Gasteiger partial charge in [0.15, 0.2) is 5.82 Å². The molecule has 1 aliphatic rings. The third kappa shape index (κ3) is 4.54. The molecule has 10 nitrogen and oxygen atoms in total. The molecule has 10 heteroatoms. The molecule has 182 valence electrons. The molecule has 4 aromatic rings. The quantitative estimate of drug-likeness (QED) is 0.331. The Labute approximate surface area is 203 Å². The summed E-state index contributed by atoms with van der Waals surface area (Å²) in [5.74, 6) is 1.04. The summed E-state index contributed by atoms with van der Waals surface area (Å²) < 4.78 is 1.71. The fourth-order valence-electron chi connectivity index (χ4n) is 4.43. The molecule has 0 aromatic carbocycles. The molecule has 1 saturated carbocycles. The van der Waals surface area contributed by atoms with Crippen molar-refractivity contribution in [1.82, 2.24) is 29.7 Å².